The number of imidazole rings is 1. The molecule has 5 rings (SSSR count). The van der Waals surface area contributed by atoms with Gasteiger partial charge in [0.1, 0.15) is 11.6 Å². The summed E-state index contributed by atoms with van der Waals surface area (Å²) >= 11 is 0. The number of nitrogens with zero attached hydrogens (tertiary/aromatic N) is 6. The standard InChI is InChI=1S/C16H19B3N6/c1-17-22(3)18(2)25-15-12(8-7-11-20-15)16-21-13-9-5-6-10-14(13)24(16)19(25)23(17)4/h5-11H,1-4H3. The largest absolute Gasteiger partial charge is 0.455 e. The lowest BCUT2D eigenvalue weighted by atomic mass is 9.48. The predicted octanol–water partition coefficient (Wildman–Crippen LogP) is 1.86. The Hall–Kier alpha value is -2.25. The number of pyridine rings is 1. The summed E-state index contributed by atoms with van der Waals surface area (Å²) in [6, 6.07) is 12.5. The molecule has 25 heavy (non-hydrogen) atoms. The van der Waals surface area contributed by atoms with Crippen LogP contribution in [-0.4, -0.2) is 59.1 Å². The molecule has 1 fully saturated rings. The van der Waals surface area contributed by atoms with E-state index < -0.39 is 0 Å². The summed E-state index contributed by atoms with van der Waals surface area (Å²) in [5.74, 6) is 2.01. The van der Waals surface area contributed by atoms with Crippen molar-refractivity contribution in [3.05, 3.63) is 42.6 Å². The van der Waals surface area contributed by atoms with Gasteiger partial charge in [0.15, 0.2) is 0 Å². The van der Waals surface area contributed by atoms with Crippen molar-refractivity contribution in [2.75, 3.05) is 18.8 Å². The van der Waals surface area contributed by atoms with E-state index in [0.717, 1.165) is 28.2 Å². The molecule has 4 heterocycles. The third kappa shape index (κ3) is 1.85. The quantitative estimate of drug-likeness (QED) is 0.590. The molecule has 9 heteroatoms. The summed E-state index contributed by atoms with van der Waals surface area (Å²) in [4.78, 5) is 9.68. The van der Waals surface area contributed by atoms with Gasteiger partial charge in [0.05, 0.1) is 16.6 Å². The molecule has 0 N–H and O–H groups in total. The first-order chi connectivity index (χ1) is 12.1. The first-order valence-corrected chi connectivity index (χ1v) is 8.74. The van der Waals surface area contributed by atoms with Crippen LogP contribution in [0.4, 0.5) is 5.82 Å². The molecule has 0 amide bonds. The average Bonchev–Trinajstić information content (AvgIpc) is 3.03. The highest BCUT2D eigenvalue weighted by Gasteiger charge is 2.52. The third-order valence-corrected chi connectivity index (χ3v) is 5.88. The molecule has 2 aliphatic heterocycles. The lowest BCUT2D eigenvalue weighted by Gasteiger charge is -2.52. The van der Waals surface area contributed by atoms with Crippen molar-refractivity contribution < 1.29 is 0 Å². The molecule has 2 aliphatic rings. The minimum Gasteiger partial charge on any atom is -0.399 e. The maximum Gasteiger partial charge on any atom is 0.455 e. The van der Waals surface area contributed by atoms with Gasteiger partial charge in [0.2, 0.25) is 0 Å². The van der Waals surface area contributed by atoms with Crippen LogP contribution in [0.15, 0.2) is 42.6 Å². The zero-order chi connectivity index (χ0) is 17.3. The van der Waals surface area contributed by atoms with Crippen LogP contribution >= 0.6 is 0 Å². The van der Waals surface area contributed by atoms with Crippen molar-refractivity contribution in [3.8, 4) is 11.4 Å². The van der Waals surface area contributed by atoms with Crippen LogP contribution in [0.25, 0.3) is 22.4 Å². The molecule has 0 atom stereocenters. The van der Waals surface area contributed by atoms with Gasteiger partial charge in [-0.15, -0.1) is 0 Å². The van der Waals surface area contributed by atoms with Gasteiger partial charge >= 0.3 is 14.1 Å². The van der Waals surface area contributed by atoms with E-state index in [0.29, 0.717) is 6.98 Å². The molecule has 0 radical (unpaired) electrons. The lowest BCUT2D eigenvalue weighted by molar-refractivity contribution is 0.632. The maximum absolute atomic E-state index is 4.95. The van der Waals surface area contributed by atoms with E-state index in [1.54, 1.807) is 0 Å². The van der Waals surface area contributed by atoms with E-state index in [2.05, 4.69) is 70.7 Å². The minimum atomic E-state index is 0.0611. The van der Waals surface area contributed by atoms with Gasteiger partial charge < -0.3 is 18.6 Å². The van der Waals surface area contributed by atoms with Crippen molar-refractivity contribution in [2.45, 2.75) is 13.6 Å². The van der Waals surface area contributed by atoms with Gasteiger partial charge in [-0.25, -0.2) is 9.97 Å². The number of hydrogen-bond donors (Lipinski definition) is 0. The van der Waals surface area contributed by atoms with E-state index in [1.165, 1.54) is 0 Å². The molecular formula is C16H19B3N6. The lowest BCUT2D eigenvalue weighted by Crippen LogP contribution is -2.77. The van der Waals surface area contributed by atoms with Gasteiger partial charge in [-0.05, 0) is 38.4 Å². The molecule has 6 nitrogen and oxygen atoms in total. The fourth-order valence-corrected chi connectivity index (χ4v) is 4.22. The fourth-order valence-electron chi connectivity index (χ4n) is 4.22. The predicted molar refractivity (Wildman–Crippen MR) is 105 cm³/mol. The highest BCUT2D eigenvalue weighted by Crippen LogP contribution is 2.39. The van der Waals surface area contributed by atoms with Crippen LogP contribution in [0, 0.1) is 0 Å². The van der Waals surface area contributed by atoms with Gasteiger partial charge in [0, 0.05) is 6.20 Å². The fraction of sp³-hybridized carbons (Fsp3) is 0.250. The third-order valence-electron chi connectivity index (χ3n) is 5.88. The molecule has 1 saturated heterocycles. The number of fused-ring (bicyclic) bond motifs is 8. The van der Waals surface area contributed by atoms with E-state index in [9.17, 15) is 0 Å². The van der Waals surface area contributed by atoms with Crippen molar-refractivity contribution >= 4 is 37.9 Å². The molecule has 0 unspecified atom stereocenters. The Labute approximate surface area is 148 Å². The summed E-state index contributed by atoms with van der Waals surface area (Å²) in [5, 5.41) is 0. The van der Waals surface area contributed by atoms with Crippen LogP contribution in [0.2, 0.25) is 13.6 Å². The second kappa shape index (κ2) is 5.13. The summed E-state index contributed by atoms with van der Waals surface area (Å²) in [6.45, 7) is 5.05. The van der Waals surface area contributed by atoms with Crippen molar-refractivity contribution in [1.29, 1.82) is 0 Å². The normalized spacial score (nSPS) is 17.8. The van der Waals surface area contributed by atoms with Crippen LogP contribution in [0.1, 0.15) is 0 Å². The number of hydrogen-bond acceptors (Lipinski definition) is 5. The Morgan fingerprint density at radius 1 is 0.920 bits per heavy atom. The van der Waals surface area contributed by atoms with E-state index in [1.807, 2.05) is 18.3 Å². The number of benzene rings is 1. The molecule has 0 aliphatic carbocycles. The summed E-state index contributed by atoms with van der Waals surface area (Å²) in [7, 11) is 4.41. The second-order valence-electron chi connectivity index (χ2n) is 7.02. The van der Waals surface area contributed by atoms with E-state index in [4.69, 9.17) is 9.97 Å². The number of para-hydroxylation sites is 2. The van der Waals surface area contributed by atoms with Gasteiger partial charge in [-0.3, -0.25) is 0 Å². The van der Waals surface area contributed by atoms with Crippen LogP contribution in [-0.2, 0) is 0 Å². The molecule has 2 aromatic heterocycles. The van der Waals surface area contributed by atoms with Crippen LogP contribution in [0.3, 0.4) is 0 Å². The summed E-state index contributed by atoms with van der Waals surface area (Å²) < 4.78 is 9.52. The molecule has 0 bridgehead atoms. The van der Waals surface area contributed by atoms with Crippen LogP contribution in [0.5, 0.6) is 0 Å². The Balaban J connectivity index is 1.86. The van der Waals surface area contributed by atoms with Gasteiger partial charge in [0.25, 0.3) is 6.98 Å². The highest BCUT2D eigenvalue weighted by atomic mass is 15.4. The zero-order valence-corrected chi connectivity index (χ0v) is 15.0. The smallest absolute Gasteiger partial charge is 0.399 e. The first-order valence-electron chi connectivity index (χ1n) is 8.74. The van der Waals surface area contributed by atoms with Crippen molar-refractivity contribution in [2.24, 2.45) is 0 Å². The average molecular weight is 328 g/mol. The zero-order valence-electron chi connectivity index (χ0n) is 15.0. The maximum atomic E-state index is 4.95. The Morgan fingerprint density at radius 2 is 1.72 bits per heavy atom. The minimum absolute atomic E-state index is 0.0611. The number of anilines is 1. The summed E-state index contributed by atoms with van der Waals surface area (Å²) in [6.07, 6.45) is 1.87. The Kier molecular flexibility index (Phi) is 3.09. The van der Waals surface area contributed by atoms with E-state index in [-0.39, 0.29) is 14.1 Å². The summed E-state index contributed by atoms with van der Waals surface area (Å²) in [5.41, 5.74) is 3.29. The molecule has 0 spiro atoms. The van der Waals surface area contributed by atoms with Crippen molar-refractivity contribution in [3.63, 3.8) is 0 Å². The SMILES string of the molecule is CB1N(C)B(C)N2B(N1C)n1c(nc3ccccc31)-c1cccnc12. The molecule has 1 aromatic carbocycles. The number of rotatable bonds is 0. The number of aromatic nitrogens is 3. The highest BCUT2D eigenvalue weighted by molar-refractivity contribution is 6.92. The van der Waals surface area contributed by atoms with Crippen molar-refractivity contribution in [1.82, 2.24) is 23.9 Å². The second-order valence-corrected chi connectivity index (χ2v) is 7.02. The Morgan fingerprint density at radius 3 is 2.56 bits per heavy atom. The van der Waals surface area contributed by atoms with E-state index >= 15 is 0 Å². The molecular weight excluding hydrogens is 309 g/mol. The molecule has 0 saturated carbocycles. The van der Waals surface area contributed by atoms with Gasteiger partial charge in [-0.2, -0.15) is 0 Å². The first kappa shape index (κ1) is 15.0. The van der Waals surface area contributed by atoms with Crippen LogP contribution < -0.4 is 4.72 Å². The molecule has 3 aromatic rings. The Bertz CT molecular complexity index is 975. The molecule has 122 valence electrons. The topological polar surface area (TPSA) is 40.4 Å². The monoisotopic (exact) mass is 328 g/mol. The van der Waals surface area contributed by atoms with Gasteiger partial charge in [-0.1, -0.05) is 25.8 Å².